The number of aromatic nitrogens is 4. The van der Waals surface area contributed by atoms with Crippen LogP contribution in [-0.2, 0) is 83.2 Å². The molecule has 2 aromatic carbocycles. The monoisotopic (exact) mass is 1110 g/mol. The van der Waals surface area contributed by atoms with Crippen LogP contribution >= 0.6 is 0 Å². The van der Waals surface area contributed by atoms with Gasteiger partial charge in [-0.2, -0.15) is 10.2 Å². The maximum atomic E-state index is 15.0. The number of likely N-dealkylation sites (N-methyl/N-ethyl adjacent to an activating group) is 4. The zero-order valence-corrected chi connectivity index (χ0v) is 48.9. The first-order valence-corrected chi connectivity index (χ1v) is 27.4. The predicted molar refractivity (Wildman–Crippen MR) is 298 cm³/mol. The standard InChI is InChI=1S/C60H82N8O12/c1-37(2)27-47-57(73)77-41(9)53(69)63(11)50(30-40(7)8)60(76)80-52(34-44-20-16-22-46(32-44)36-68-26-18-24-62-68)56(72)66(14)48(28-38(3)4)58(74)78-42(10)54(70)64(12)49(29-39(5)6)59(75)79-51(55(71)65(47)13)33-43-19-15-21-45(31-43)35-67-25-17-23-61-67/h15-27,31-32,38-42,47-52H,28-30,33-36H2,1-14H3/t41-,42-,47+,48+,49+,50+,51-,52-/m1/s1. The molecule has 20 heteroatoms. The van der Waals surface area contributed by atoms with E-state index in [4.69, 9.17) is 18.9 Å². The van der Waals surface area contributed by atoms with Gasteiger partial charge in [-0.05, 0) is 99.1 Å². The van der Waals surface area contributed by atoms with E-state index in [2.05, 4.69) is 10.2 Å². The lowest BCUT2D eigenvalue weighted by Gasteiger charge is -2.35. The smallest absolute Gasteiger partial charge is 0.333 e. The number of cyclic esters (lactones) is 4. The predicted octanol–water partition coefficient (Wildman–Crippen LogP) is 6.07. The largest absolute Gasteiger partial charge is 0.451 e. The second-order valence-electron chi connectivity index (χ2n) is 22.4. The average molecular weight is 1110 g/mol. The minimum atomic E-state index is -1.57. The first-order valence-electron chi connectivity index (χ1n) is 27.4. The molecule has 4 amide bonds. The summed E-state index contributed by atoms with van der Waals surface area (Å²) in [5, 5.41) is 8.60. The molecule has 8 atom stereocenters. The van der Waals surface area contributed by atoms with Gasteiger partial charge in [0.05, 0.1) is 13.1 Å². The van der Waals surface area contributed by atoms with E-state index in [1.54, 1.807) is 78.2 Å². The third-order valence-electron chi connectivity index (χ3n) is 13.8. The van der Waals surface area contributed by atoms with Crippen LogP contribution < -0.4 is 0 Å². The van der Waals surface area contributed by atoms with Crippen molar-refractivity contribution < 1.29 is 57.3 Å². The van der Waals surface area contributed by atoms with Crippen molar-refractivity contribution in [3.8, 4) is 0 Å². The lowest BCUT2D eigenvalue weighted by Crippen LogP contribution is -2.54. The molecule has 0 N–H and O–H groups in total. The molecule has 3 heterocycles. The van der Waals surface area contributed by atoms with Gasteiger partial charge < -0.3 is 38.5 Å². The maximum absolute atomic E-state index is 15.0. The van der Waals surface area contributed by atoms with Gasteiger partial charge in [0, 0.05) is 65.8 Å². The Balaban J connectivity index is 1.62. The van der Waals surface area contributed by atoms with Crippen LogP contribution in [0.15, 0.2) is 97.1 Å². The van der Waals surface area contributed by atoms with E-state index in [0.717, 1.165) is 30.7 Å². The number of esters is 4. The molecular weight excluding hydrogens is 1020 g/mol. The average Bonchev–Trinajstić information content (AvgIpc) is 4.13. The molecule has 0 unspecified atom stereocenters. The molecule has 5 rings (SSSR count). The summed E-state index contributed by atoms with van der Waals surface area (Å²) < 4.78 is 27.7. The van der Waals surface area contributed by atoms with E-state index in [-0.39, 0.29) is 49.9 Å². The van der Waals surface area contributed by atoms with Gasteiger partial charge in [0.2, 0.25) is 0 Å². The van der Waals surface area contributed by atoms with Crippen molar-refractivity contribution in [2.24, 2.45) is 17.8 Å². The fourth-order valence-corrected chi connectivity index (χ4v) is 9.55. The topological polar surface area (TPSA) is 222 Å². The van der Waals surface area contributed by atoms with Gasteiger partial charge >= 0.3 is 23.9 Å². The van der Waals surface area contributed by atoms with Crippen molar-refractivity contribution in [2.45, 2.75) is 163 Å². The van der Waals surface area contributed by atoms with Gasteiger partial charge in [-0.3, -0.25) is 28.5 Å². The molecule has 0 saturated carbocycles. The maximum Gasteiger partial charge on any atom is 0.333 e. The molecule has 0 spiro atoms. The van der Waals surface area contributed by atoms with Crippen molar-refractivity contribution in [1.29, 1.82) is 0 Å². The lowest BCUT2D eigenvalue weighted by atomic mass is 9.99. The number of allylic oxidation sites excluding steroid dienone is 1. The van der Waals surface area contributed by atoms with E-state index in [9.17, 15) is 28.8 Å². The van der Waals surface area contributed by atoms with Crippen LogP contribution in [0, 0.1) is 17.8 Å². The Morgan fingerprint density at radius 1 is 0.487 bits per heavy atom. The van der Waals surface area contributed by atoms with Gasteiger partial charge in [0.25, 0.3) is 23.6 Å². The molecule has 80 heavy (non-hydrogen) atoms. The summed E-state index contributed by atoms with van der Waals surface area (Å²) >= 11 is 0. The number of carbonyl (C=O) groups excluding carboxylic acids is 8. The van der Waals surface area contributed by atoms with E-state index in [1.807, 2.05) is 72.0 Å². The normalized spacial score (nSPS) is 23.1. The molecule has 20 nitrogen and oxygen atoms in total. The van der Waals surface area contributed by atoms with Gasteiger partial charge in [-0.1, -0.05) is 102 Å². The molecule has 1 fully saturated rings. The number of hydrogen-bond donors (Lipinski definition) is 0. The highest BCUT2D eigenvalue weighted by Crippen LogP contribution is 2.24. The molecule has 1 aliphatic heterocycles. The highest BCUT2D eigenvalue weighted by Gasteiger charge is 2.42. The Morgan fingerprint density at radius 2 is 0.838 bits per heavy atom. The quantitative estimate of drug-likeness (QED) is 0.0749. The third-order valence-corrected chi connectivity index (χ3v) is 13.8. The number of ether oxygens (including phenoxy) is 4. The van der Waals surface area contributed by atoms with Crippen LogP contribution in [0.25, 0.3) is 0 Å². The number of hydrogen-bond acceptors (Lipinski definition) is 14. The van der Waals surface area contributed by atoms with Gasteiger partial charge in [0.15, 0.2) is 24.4 Å². The highest BCUT2D eigenvalue weighted by atomic mass is 16.6. The molecule has 0 aliphatic carbocycles. The Hall–Kier alpha value is -7.64. The molecule has 1 aliphatic rings. The fourth-order valence-electron chi connectivity index (χ4n) is 9.55. The van der Waals surface area contributed by atoms with E-state index in [1.165, 1.54) is 48.1 Å². The lowest BCUT2D eigenvalue weighted by molar-refractivity contribution is -0.175. The molecule has 0 bridgehead atoms. The highest BCUT2D eigenvalue weighted by molar-refractivity contribution is 5.95. The number of amides is 4. The van der Waals surface area contributed by atoms with Crippen molar-refractivity contribution in [1.82, 2.24) is 39.2 Å². The van der Waals surface area contributed by atoms with Crippen molar-refractivity contribution in [2.75, 3.05) is 28.2 Å². The van der Waals surface area contributed by atoms with Crippen molar-refractivity contribution in [3.63, 3.8) is 0 Å². The van der Waals surface area contributed by atoms with Gasteiger partial charge in [-0.25, -0.2) is 19.2 Å². The van der Waals surface area contributed by atoms with Crippen LogP contribution in [0.4, 0.5) is 0 Å². The third kappa shape index (κ3) is 17.7. The molecule has 0 radical (unpaired) electrons. The summed E-state index contributed by atoms with van der Waals surface area (Å²) in [6.07, 6.45) is 2.21. The number of benzene rings is 2. The fraction of sp³-hybridized carbons (Fsp3) is 0.533. The van der Waals surface area contributed by atoms with Crippen molar-refractivity contribution in [3.05, 3.63) is 119 Å². The molecule has 4 aromatic rings. The second kappa shape index (κ2) is 29.0. The minimum Gasteiger partial charge on any atom is -0.451 e. The van der Waals surface area contributed by atoms with E-state index < -0.39 is 96.1 Å². The molecule has 434 valence electrons. The number of nitrogens with zero attached hydrogens (tertiary/aromatic N) is 8. The molecular formula is C60H82N8O12. The van der Waals surface area contributed by atoms with Crippen LogP contribution in [0.3, 0.4) is 0 Å². The van der Waals surface area contributed by atoms with Crippen LogP contribution in [0.5, 0.6) is 0 Å². The minimum absolute atomic E-state index is 0.0718. The Morgan fingerprint density at radius 3 is 1.20 bits per heavy atom. The Bertz CT molecular complexity index is 2780. The Labute approximate surface area is 470 Å². The summed E-state index contributed by atoms with van der Waals surface area (Å²) in [5.41, 5.74) is 3.50. The molecule has 1 saturated heterocycles. The zero-order valence-electron chi connectivity index (χ0n) is 48.9. The number of rotatable bonds is 15. The second-order valence-corrected chi connectivity index (χ2v) is 22.4. The van der Waals surface area contributed by atoms with Crippen LogP contribution in [0.1, 0.15) is 111 Å². The molecule has 2 aromatic heterocycles. The zero-order chi connectivity index (χ0) is 59.1. The summed E-state index contributed by atoms with van der Waals surface area (Å²) in [4.78, 5) is 122. The van der Waals surface area contributed by atoms with E-state index >= 15 is 9.59 Å². The van der Waals surface area contributed by atoms with Crippen molar-refractivity contribution >= 4 is 47.5 Å². The van der Waals surface area contributed by atoms with Crippen LogP contribution in [0.2, 0.25) is 0 Å². The van der Waals surface area contributed by atoms with Gasteiger partial charge in [0.1, 0.15) is 24.2 Å². The summed E-state index contributed by atoms with van der Waals surface area (Å²) in [7, 11) is 5.51. The SMILES string of the molecule is CC(C)=C[C@H]1C(=O)O[C@H](C)C(=O)N(C)[C@@H](CC(C)C)C(=O)O[C@H](Cc2cccc(Cn3cccn3)c2)C(=O)N(C)[C@@H](CC(C)C)C(=O)O[C@H](C)C(=O)N(C)[C@@H](CC(C)C)C(=O)O[C@H](Cc2cccc(Cn3cccn3)c2)C(=O)N1C. The van der Waals surface area contributed by atoms with Gasteiger partial charge in [-0.15, -0.1) is 0 Å². The van der Waals surface area contributed by atoms with Crippen LogP contribution in [-0.4, -0.2) is 163 Å². The summed E-state index contributed by atoms with van der Waals surface area (Å²) in [6.45, 7) is 18.0. The first kappa shape index (κ1) is 63.2. The van der Waals surface area contributed by atoms with E-state index in [0.29, 0.717) is 29.8 Å². The summed E-state index contributed by atoms with van der Waals surface area (Å²) in [6, 6.07) is 12.9. The number of carbonyl (C=O) groups is 8. The Kier molecular flexibility index (Phi) is 22.9. The first-order chi connectivity index (χ1) is 37.7. The summed E-state index contributed by atoms with van der Waals surface area (Å²) in [5.74, 6) is -7.46.